The molecule has 0 amide bonds. The summed E-state index contributed by atoms with van der Waals surface area (Å²) in [4.78, 5) is 11.6. The van der Waals surface area contributed by atoms with Gasteiger partial charge in [-0.2, -0.15) is 0 Å². The number of hydrogen-bond donors (Lipinski definition) is 4. The Morgan fingerprint density at radius 2 is 1.07 bits per heavy atom. The fourth-order valence-corrected chi connectivity index (χ4v) is 7.29. The average molecular weight is 639 g/mol. The van der Waals surface area contributed by atoms with E-state index in [1.807, 2.05) is 13.0 Å². The van der Waals surface area contributed by atoms with Crippen molar-refractivity contribution in [1.29, 1.82) is 0 Å². The largest absolute Gasteiger partial charge is 0.455 e. The molecule has 9 atom stereocenters. The third kappa shape index (κ3) is 13.9. The number of aliphatic hydroxyl groups is 4. The first-order chi connectivity index (χ1) is 21.8. The lowest BCUT2D eigenvalue weighted by atomic mass is 9.98. The fourth-order valence-electron chi connectivity index (χ4n) is 7.29. The first kappa shape index (κ1) is 38.4. The molecule has 8 nitrogen and oxygen atoms in total. The molecule has 3 aliphatic heterocycles. The molecule has 0 saturated carbocycles. The maximum absolute atomic E-state index is 11.6. The number of unbranched alkanes of at least 4 members (excludes halogenated alkanes) is 16. The smallest absolute Gasteiger partial charge is 0.334 e. The van der Waals surface area contributed by atoms with Crippen molar-refractivity contribution in [3.05, 3.63) is 11.6 Å². The number of carbonyl (C=O) groups excluding carboxylic acids is 1. The summed E-state index contributed by atoms with van der Waals surface area (Å²) in [6, 6.07) is 0. The van der Waals surface area contributed by atoms with Crippen LogP contribution < -0.4 is 0 Å². The Bertz CT molecular complexity index is 833. The minimum Gasteiger partial charge on any atom is -0.455 e. The summed E-state index contributed by atoms with van der Waals surface area (Å²) in [7, 11) is 0. The van der Waals surface area contributed by atoms with Gasteiger partial charge in [-0.25, -0.2) is 4.79 Å². The summed E-state index contributed by atoms with van der Waals surface area (Å²) >= 11 is 0. The maximum Gasteiger partial charge on any atom is 0.334 e. The van der Waals surface area contributed by atoms with Crippen LogP contribution in [0.1, 0.15) is 162 Å². The fraction of sp³-hybridized carbons (Fsp3) is 0.919. The van der Waals surface area contributed by atoms with E-state index in [1.165, 1.54) is 70.6 Å². The third-order valence-electron chi connectivity index (χ3n) is 10.1. The lowest BCUT2D eigenvalue weighted by Gasteiger charge is -2.26. The van der Waals surface area contributed by atoms with Crippen molar-refractivity contribution in [1.82, 2.24) is 0 Å². The van der Waals surface area contributed by atoms with Gasteiger partial charge in [0.15, 0.2) is 0 Å². The molecule has 0 aromatic carbocycles. The van der Waals surface area contributed by atoms with Crippen LogP contribution in [-0.2, 0) is 19.0 Å². The van der Waals surface area contributed by atoms with E-state index in [2.05, 4.69) is 6.92 Å². The van der Waals surface area contributed by atoms with Gasteiger partial charge in [-0.1, -0.05) is 116 Å². The standard InChI is InChI=1S/C37H66O8/c1-3-4-5-6-7-13-16-19-22-29(38)33-25-31(40)35(44-33)36-32(41)26-34(45-36)30(39)23-20-17-14-11-9-8-10-12-15-18-21-28-24-27(2)43-37(28)42/h24,27,29-36,38-41H,3-23,25-26H2,1-2H3/t27-,29-,30+,31?,32?,33+,34+,35+,36+/m0/s1. The van der Waals surface area contributed by atoms with E-state index in [-0.39, 0.29) is 12.1 Å². The molecule has 0 aromatic heterocycles. The maximum atomic E-state index is 11.6. The van der Waals surface area contributed by atoms with Gasteiger partial charge in [0.1, 0.15) is 18.3 Å². The van der Waals surface area contributed by atoms with Gasteiger partial charge in [0, 0.05) is 18.4 Å². The molecule has 262 valence electrons. The number of cyclic esters (lactones) is 1. The van der Waals surface area contributed by atoms with Gasteiger partial charge in [0.05, 0.1) is 36.6 Å². The summed E-state index contributed by atoms with van der Waals surface area (Å²) in [5, 5.41) is 42.9. The molecular formula is C37H66O8. The Morgan fingerprint density at radius 1 is 0.667 bits per heavy atom. The van der Waals surface area contributed by atoms with Gasteiger partial charge < -0.3 is 34.6 Å². The number of ether oxygens (including phenoxy) is 3. The van der Waals surface area contributed by atoms with E-state index in [0.717, 1.165) is 56.9 Å². The van der Waals surface area contributed by atoms with E-state index in [4.69, 9.17) is 14.2 Å². The summed E-state index contributed by atoms with van der Waals surface area (Å²) in [6.45, 7) is 4.13. The Labute approximate surface area is 273 Å². The molecule has 0 spiro atoms. The van der Waals surface area contributed by atoms with Gasteiger partial charge in [-0.15, -0.1) is 0 Å². The minimum absolute atomic E-state index is 0.0671. The van der Waals surface area contributed by atoms with E-state index in [9.17, 15) is 25.2 Å². The predicted octanol–water partition coefficient (Wildman–Crippen LogP) is 6.83. The van der Waals surface area contributed by atoms with Crippen LogP contribution in [0.3, 0.4) is 0 Å². The van der Waals surface area contributed by atoms with Crippen LogP contribution in [0, 0.1) is 0 Å². The number of hydrogen-bond acceptors (Lipinski definition) is 8. The zero-order chi connectivity index (χ0) is 32.4. The molecular weight excluding hydrogens is 572 g/mol. The average Bonchev–Trinajstić information content (AvgIpc) is 3.69. The zero-order valence-corrected chi connectivity index (χ0v) is 28.5. The lowest BCUT2D eigenvalue weighted by molar-refractivity contribution is -0.139. The van der Waals surface area contributed by atoms with Crippen LogP contribution in [-0.4, -0.2) is 81.3 Å². The second-order valence-electron chi connectivity index (χ2n) is 14.2. The van der Waals surface area contributed by atoms with Crippen molar-refractivity contribution in [3.63, 3.8) is 0 Å². The molecule has 45 heavy (non-hydrogen) atoms. The van der Waals surface area contributed by atoms with Gasteiger partial charge in [-0.05, 0) is 38.7 Å². The summed E-state index contributed by atoms with van der Waals surface area (Å²) < 4.78 is 17.3. The van der Waals surface area contributed by atoms with Crippen molar-refractivity contribution in [3.8, 4) is 0 Å². The quantitative estimate of drug-likeness (QED) is 0.0634. The summed E-state index contributed by atoms with van der Waals surface area (Å²) in [5.74, 6) is -0.139. The molecule has 0 aliphatic carbocycles. The van der Waals surface area contributed by atoms with Gasteiger partial charge in [0.25, 0.3) is 0 Å². The molecule has 0 radical (unpaired) electrons. The Hall–Kier alpha value is -1.03. The van der Waals surface area contributed by atoms with Crippen molar-refractivity contribution in [2.24, 2.45) is 0 Å². The molecule has 4 N–H and O–H groups in total. The Balaban J connectivity index is 1.18. The SMILES string of the molecule is CCCCCCCCCC[C@H](O)[C@H]1CC(O)[C@H]([C@@H]2O[C@@H]([C@H](O)CCCCCCCCCCCCC3=C[C@H](C)OC3=O)CC2O)O1. The number of carbonyl (C=O) groups is 1. The number of rotatable bonds is 25. The second-order valence-corrected chi connectivity index (χ2v) is 14.2. The zero-order valence-electron chi connectivity index (χ0n) is 28.5. The Kier molecular flexibility index (Phi) is 18.6. The molecule has 8 heteroatoms. The lowest BCUT2D eigenvalue weighted by Crippen LogP contribution is -2.41. The molecule has 3 heterocycles. The molecule has 2 saturated heterocycles. The molecule has 0 aromatic rings. The summed E-state index contributed by atoms with van der Waals surface area (Å²) in [5.41, 5.74) is 0.846. The van der Waals surface area contributed by atoms with E-state index < -0.39 is 48.8 Å². The first-order valence-electron chi connectivity index (χ1n) is 18.7. The first-order valence-corrected chi connectivity index (χ1v) is 18.7. The van der Waals surface area contributed by atoms with Crippen molar-refractivity contribution < 1.29 is 39.4 Å². The highest BCUT2D eigenvalue weighted by Gasteiger charge is 2.49. The Morgan fingerprint density at radius 3 is 1.47 bits per heavy atom. The monoisotopic (exact) mass is 638 g/mol. The third-order valence-corrected chi connectivity index (χ3v) is 10.1. The predicted molar refractivity (Wildman–Crippen MR) is 177 cm³/mol. The van der Waals surface area contributed by atoms with Crippen molar-refractivity contribution >= 4 is 5.97 Å². The van der Waals surface area contributed by atoms with Crippen molar-refractivity contribution in [2.75, 3.05) is 0 Å². The normalized spacial score (nSPS) is 29.7. The van der Waals surface area contributed by atoms with Gasteiger partial charge >= 0.3 is 5.97 Å². The molecule has 2 fully saturated rings. The van der Waals surface area contributed by atoms with Crippen molar-refractivity contribution in [2.45, 2.75) is 216 Å². The van der Waals surface area contributed by atoms with E-state index >= 15 is 0 Å². The highest BCUT2D eigenvalue weighted by Crippen LogP contribution is 2.35. The summed E-state index contributed by atoms with van der Waals surface area (Å²) in [6.07, 6.45) is 20.7. The topological polar surface area (TPSA) is 126 Å². The van der Waals surface area contributed by atoms with Gasteiger partial charge in [-0.3, -0.25) is 0 Å². The van der Waals surface area contributed by atoms with Crippen LogP contribution in [0.2, 0.25) is 0 Å². The van der Waals surface area contributed by atoms with Crippen LogP contribution in [0.4, 0.5) is 0 Å². The van der Waals surface area contributed by atoms with Crippen LogP contribution in [0.15, 0.2) is 11.6 Å². The van der Waals surface area contributed by atoms with E-state index in [0.29, 0.717) is 25.7 Å². The van der Waals surface area contributed by atoms with Crippen LogP contribution >= 0.6 is 0 Å². The number of esters is 1. The highest BCUT2D eigenvalue weighted by molar-refractivity contribution is 5.90. The van der Waals surface area contributed by atoms with Crippen LogP contribution in [0.25, 0.3) is 0 Å². The van der Waals surface area contributed by atoms with Gasteiger partial charge in [0.2, 0.25) is 0 Å². The van der Waals surface area contributed by atoms with E-state index in [1.54, 1.807) is 0 Å². The van der Waals surface area contributed by atoms with Crippen LogP contribution in [0.5, 0.6) is 0 Å². The molecule has 0 bridgehead atoms. The molecule has 2 unspecified atom stereocenters. The number of aliphatic hydroxyl groups excluding tert-OH is 4. The molecule has 3 rings (SSSR count). The molecule has 3 aliphatic rings. The second kappa shape index (κ2) is 21.8. The minimum atomic E-state index is -0.798. The highest BCUT2D eigenvalue weighted by atomic mass is 16.6.